The Morgan fingerprint density at radius 2 is 2.09 bits per heavy atom. The average molecular weight is 348 g/mol. The molecule has 5 nitrogen and oxygen atoms in total. The largest absolute Gasteiger partial charge is 0.496 e. The summed E-state index contributed by atoms with van der Waals surface area (Å²) in [5.74, 6) is 0.333. The number of methoxy groups -OCH3 is 1. The van der Waals surface area contributed by atoms with E-state index >= 15 is 0 Å². The van der Waals surface area contributed by atoms with Gasteiger partial charge in [-0.25, -0.2) is 4.98 Å². The zero-order chi connectivity index (χ0) is 16.7. The molecule has 1 aromatic carbocycles. The van der Waals surface area contributed by atoms with Crippen LogP contribution in [0.2, 0.25) is 5.15 Å². The highest BCUT2D eigenvalue weighted by Crippen LogP contribution is 2.18. The van der Waals surface area contributed by atoms with Crippen molar-refractivity contribution in [2.45, 2.75) is 0 Å². The predicted octanol–water partition coefficient (Wildman–Crippen LogP) is 3.27. The first-order valence-electron chi connectivity index (χ1n) is 6.63. The van der Waals surface area contributed by atoms with E-state index in [1.54, 1.807) is 25.3 Å². The van der Waals surface area contributed by atoms with Crippen LogP contribution in [0, 0.1) is 0 Å². The summed E-state index contributed by atoms with van der Waals surface area (Å²) in [6.07, 6.45) is 4.55. The number of anilines is 1. The molecule has 1 aromatic heterocycles. The molecule has 0 radical (unpaired) electrons. The molecule has 0 aliphatic carbocycles. The van der Waals surface area contributed by atoms with Crippen LogP contribution in [-0.2, 0) is 4.79 Å². The number of thiocarbonyl (C=S) groups is 1. The number of benzene rings is 1. The topological polar surface area (TPSA) is 63.2 Å². The molecule has 0 atom stereocenters. The number of rotatable bonds is 4. The van der Waals surface area contributed by atoms with E-state index in [1.807, 2.05) is 24.3 Å². The Morgan fingerprint density at radius 3 is 2.78 bits per heavy atom. The van der Waals surface area contributed by atoms with E-state index in [0.717, 1.165) is 5.56 Å². The first kappa shape index (κ1) is 16.9. The second kappa shape index (κ2) is 8.26. The van der Waals surface area contributed by atoms with E-state index in [0.29, 0.717) is 16.6 Å². The summed E-state index contributed by atoms with van der Waals surface area (Å²) < 4.78 is 5.21. The minimum atomic E-state index is -0.352. The Bertz CT molecular complexity index is 732. The molecule has 1 heterocycles. The zero-order valence-electron chi connectivity index (χ0n) is 12.2. The Kier molecular flexibility index (Phi) is 6.08. The number of ether oxygens (including phenoxy) is 1. The van der Waals surface area contributed by atoms with Crippen LogP contribution in [0.5, 0.6) is 5.75 Å². The van der Waals surface area contributed by atoms with Gasteiger partial charge in [-0.3, -0.25) is 10.1 Å². The van der Waals surface area contributed by atoms with Crippen LogP contribution in [-0.4, -0.2) is 23.1 Å². The number of hydrogen-bond donors (Lipinski definition) is 2. The summed E-state index contributed by atoms with van der Waals surface area (Å²) in [4.78, 5) is 15.8. The highest BCUT2D eigenvalue weighted by Gasteiger charge is 2.03. The Morgan fingerprint density at radius 1 is 1.30 bits per heavy atom. The minimum absolute atomic E-state index is 0.170. The maximum atomic E-state index is 11.9. The lowest BCUT2D eigenvalue weighted by molar-refractivity contribution is -0.115. The normalized spacial score (nSPS) is 10.3. The van der Waals surface area contributed by atoms with Crippen molar-refractivity contribution >= 4 is 46.6 Å². The Balaban J connectivity index is 1.92. The maximum Gasteiger partial charge on any atom is 0.250 e. The van der Waals surface area contributed by atoms with Crippen molar-refractivity contribution in [1.29, 1.82) is 0 Å². The fourth-order valence-electron chi connectivity index (χ4n) is 1.74. The SMILES string of the molecule is COc1ccccc1/C=C/C(=O)NC(=S)Nc1ccc(Cl)nc1. The Labute approximate surface area is 144 Å². The summed E-state index contributed by atoms with van der Waals surface area (Å²) in [7, 11) is 1.58. The van der Waals surface area contributed by atoms with Crippen LogP contribution in [0.25, 0.3) is 6.08 Å². The number of hydrogen-bond acceptors (Lipinski definition) is 4. The molecule has 0 fully saturated rings. The van der Waals surface area contributed by atoms with Crippen molar-refractivity contribution < 1.29 is 9.53 Å². The third-order valence-corrected chi connectivity index (χ3v) is 3.20. The molecule has 118 valence electrons. The average Bonchev–Trinajstić information content (AvgIpc) is 2.55. The molecule has 0 saturated heterocycles. The van der Waals surface area contributed by atoms with Gasteiger partial charge in [0.2, 0.25) is 5.91 Å². The molecule has 0 bridgehead atoms. The lowest BCUT2D eigenvalue weighted by atomic mass is 10.2. The number of amides is 1. The third kappa shape index (κ3) is 5.36. The standard InChI is InChI=1S/C16H14ClN3O2S/c1-22-13-5-3-2-4-11(13)6-9-15(21)20-16(23)19-12-7-8-14(17)18-10-12/h2-10H,1H3,(H2,19,20,21,23)/b9-6+. The van der Waals surface area contributed by atoms with Gasteiger partial charge in [-0.1, -0.05) is 29.8 Å². The van der Waals surface area contributed by atoms with Gasteiger partial charge in [0.1, 0.15) is 10.9 Å². The molecule has 0 saturated carbocycles. The lowest BCUT2D eigenvalue weighted by Gasteiger charge is -2.07. The van der Waals surface area contributed by atoms with Gasteiger partial charge < -0.3 is 10.1 Å². The first-order valence-corrected chi connectivity index (χ1v) is 7.42. The number of nitrogens with one attached hydrogen (secondary N) is 2. The molecule has 2 aromatic rings. The van der Waals surface area contributed by atoms with Crippen LogP contribution in [0.3, 0.4) is 0 Å². The maximum absolute atomic E-state index is 11.9. The van der Waals surface area contributed by atoms with E-state index in [-0.39, 0.29) is 11.0 Å². The number of carbonyl (C=O) groups is 1. The molecular formula is C16H14ClN3O2S. The van der Waals surface area contributed by atoms with Crippen LogP contribution < -0.4 is 15.4 Å². The van der Waals surface area contributed by atoms with E-state index < -0.39 is 0 Å². The Hall–Kier alpha value is -2.44. The van der Waals surface area contributed by atoms with E-state index in [2.05, 4.69) is 15.6 Å². The van der Waals surface area contributed by atoms with Crippen molar-refractivity contribution in [3.05, 3.63) is 59.4 Å². The quantitative estimate of drug-likeness (QED) is 0.505. The van der Waals surface area contributed by atoms with E-state index in [4.69, 9.17) is 28.6 Å². The van der Waals surface area contributed by atoms with Gasteiger partial charge in [-0.15, -0.1) is 0 Å². The predicted molar refractivity (Wildman–Crippen MR) is 95.6 cm³/mol. The minimum Gasteiger partial charge on any atom is -0.496 e. The summed E-state index contributed by atoms with van der Waals surface area (Å²) >= 11 is 10.8. The molecule has 0 spiro atoms. The molecular weight excluding hydrogens is 334 g/mol. The second-order valence-corrected chi connectivity index (χ2v) is 5.18. The van der Waals surface area contributed by atoms with Crippen molar-refractivity contribution in [1.82, 2.24) is 10.3 Å². The molecule has 7 heteroatoms. The number of halogens is 1. The summed E-state index contributed by atoms with van der Waals surface area (Å²) in [5, 5.41) is 5.93. The lowest BCUT2D eigenvalue weighted by Crippen LogP contribution is -2.32. The molecule has 23 heavy (non-hydrogen) atoms. The molecule has 0 aliphatic rings. The molecule has 1 amide bonds. The summed E-state index contributed by atoms with van der Waals surface area (Å²) in [6.45, 7) is 0. The highest BCUT2D eigenvalue weighted by molar-refractivity contribution is 7.80. The number of aromatic nitrogens is 1. The van der Waals surface area contributed by atoms with Gasteiger partial charge in [0, 0.05) is 11.6 Å². The number of pyridine rings is 1. The summed E-state index contributed by atoms with van der Waals surface area (Å²) in [6, 6.07) is 10.7. The smallest absolute Gasteiger partial charge is 0.250 e. The summed E-state index contributed by atoms with van der Waals surface area (Å²) in [5.41, 5.74) is 1.43. The zero-order valence-corrected chi connectivity index (χ0v) is 13.8. The van der Waals surface area contributed by atoms with Gasteiger partial charge in [0.05, 0.1) is 19.0 Å². The van der Waals surface area contributed by atoms with Gasteiger partial charge in [-0.05, 0) is 36.5 Å². The van der Waals surface area contributed by atoms with Crippen LogP contribution in [0.4, 0.5) is 5.69 Å². The van der Waals surface area contributed by atoms with Crippen LogP contribution >= 0.6 is 23.8 Å². The monoisotopic (exact) mass is 347 g/mol. The van der Waals surface area contributed by atoms with Crippen molar-refractivity contribution in [3.8, 4) is 5.75 Å². The van der Waals surface area contributed by atoms with Gasteiger partial charge in [0.15, 0.2) is 5.11 Å². The molecule has 0 aliphatic heterocycles. The van der Waals surface area contributed by atoms with Crippen LogP contribution in [0.15, 0.2) is 48.7 Å². The molecule has 0 unspecified atom stereocenters. The van der Waals surface area contributed by atoms with E-state index in [1.165, 1.54) is 12.3 Å². The highest BCUT2D eigenvalue weighted by atomic mass is 35.5. The van der Waals surface area contributed by atoms with Gasteiger partial charge in [-0.2, -0.15) is 0 Å². The molecule has 2 N–H and O–H groups in total. The van der Waals surface area contributed by atoms with Crippen LogP contribution in [0.1, 0.15) is 5.56 Å². The molecule has 2 rings (SSSR count). The van der Waals surface area contributed by atoms with Crippen molar-refractivity contribution in [2.75, 3.05) is 12.4 Å². The number of carbonyl (C=O) groups excluding carboxylic acids is 1. The number of para-hydroxylation sites is 1. The third-order valence-electron chi connectivity index (χ3n) is 2.78. The second-order valence-electron chi connectivity index (χ2n) is 4.39. The fourth-order valence-corrected chi connectivity index (χ4v) is 2.07. The van der Waals surface area contributed by atoms with E-state index in [9.17, 15) is 4.79 Å². The fraction of sp³-hybridized carbons (Fsp3) is 0.0625. The van der Waals surface area contributed by atoms with Crippen molar-refractivity contribution in [3.63, 3.8) is 0 Å². The number of nitrogens with zero attached hydrogens (tertiary/aromatic N) is 1. The van der Waals surface area contributed by atoms with Gasteiger partial charge >= 0.3 is 0 Å². The first-order chi connectivity index (χ1) is 11.1. The van der Waals surface area contributed by atoms with Crippen molar-refractivity contribution in [2.24, 2.45) is 0 Å². The van der Waals surface area contributed by atoms with Gasteiger partial charge in [0.25, 0.3) is 0 Å².